The van der Waals surface area contributed by atoms with Crippen molar-refractivity contribution in [3.8, 4) is 0 Å². The number of ether oxygens (including phenoxy) is 3. The summed E-state index contributed by atoms with van der Waals surface area (Å²) in [6, 6.07) is 13.5. The van der Waals surface area contributed by atoms with Gasteiger partial charge in [0, 0.05) is 11.8 Å². The summed E-state index contributed by atoms with van der Waals surface area (Å²) in [4.78, 5) is 27.0. The molecule has 0 aromatic heterocycles. The van der Waals surface area contributed by atoms with Crippen molar-refractivity contribution in [3.05, 3.63) is 70.8 Å². The Morgan fingerprint density at radius 3 is 1.94 bits per heavy atom. The van der Waals surface area contributed by atoms with Crippen LogP contribution in [0.4, 0.5) is 26.3 Å². The molecule has 2 aromatic carbocycles. The number of hydrogen-bond acceptors (Lipinski definition) is 9. The minimum atomic E-state index is -6.64. The molecular formula is C28H23F6NO10S2. The van der Waals surface area contributed by atoms with Crippen LogP contribution >= 0.6 is 0 Å². The lowest BCUT2D eigenvalue weighted by molar-refractivity contribution is -0.362. The molecule has 2 aromatic rings. The Balaban J connectivity index is 1.21. The Morgan fingerprint density at radius 1 is 0.894 bits per heavy atom. The first-order chi connectivity index (χ1) is 21.8. The molecule has 47 heavy (non-hydrogen) atoms. The van der Waals surface area contributed by atoms with E-state index >= 15 is 0 Å². The molecule has 254 valence electrons. The Labute approximate surface area is 262 Å². The first-order valence-electron chi connectivity index (χ1n) is 14.1. The average molecular weight is 712 g/mol. The molecule has 3 aliphatic heterocycles. The number of fused-ring (bicyclic) bond motifs is 2. The van der Waals surface area contributed by atoms with Gasteiger partial charge in [-0.3, -0.25) is 14.1 Å². The lowest BCUT2D eigenvalue weighted by atomic mass is 9.59. The van der Waals surface area contributed by atoms with Gasteiger partial charge in [-0.2, -0.15) is 34.8 Å². The number of nitrogens with one attached hydrogen (secondary N) is 1. The van der Waals surface area contributed by atoms with E-state index in [0.717, 1.165) is 22.3 Å². The monoisotopic (exact) mass is 711 g/mol. The number of rotatable bonds is 6. The molecule has 0 amide bonds. The Hall–Kier alpha value is -3.26. The summed E-state index contributed by atoms with van der Waals surface area (Å²) in [5.41, 5.74) is -2.06. The fourth-order valence-corrected chi connectivity index (χ4v) is 10.9. The van der Waals surface area contributed by atoms with Crippen LogP contribution in [0.1, 0.15) is 40.5 Å². The van der Waals surface area contributed by atoms with Gasteiger partial charge in [0.15, 0.2) is 0 Å². The first kappa shape index (κ1) is 32.3. The highest BCUT2D eigenvalue weighted by Gasteiger charge is 2.78. The number of sulfonamides is 1. The maximum atomic E-state index is 13.9. The fourth-order valence-electron chi connectivity index (χ4n) is 7.93. The van der Waals surface area contributed by atoms with E-state index in [1.165, 1.54) is 0 Å². The molecule has 0 saturated carbocycles. The van der Waals surface area contributed by atoms with Gasteiger partial charge in [-0.15, -0.1) is 0 Å². The SMILES string of the molecule is O=C(OC1C2NS(=O)(=O)C3C2OC1C3C(=O)OC(CS(=O)(=O)O)(C(F)(F)F)C(F)(F)F)C1CC2c3ccccc3C1c1ccccc12. The van der Waals surface area contributed by atoms with E-state index in [2.05, 4.69) is 9.46 Å². The molecule has 11 nitrogen and oxygen atoms in total. The fraction of sp³-hybridized carbons (Fsp3) is 0.500. The highest BCUT2D eigenvalue weighted by molar-refractivity contribution is 7.90. The van der Waals surface area contributed by atoms with Crippen molar-refractivity contribution in [1.82, 2.24) is 4.72 Å². The summed E-state index contributed by atoms with van der Waals surface area (Å²) in [6.07, 6.45) is -18.1. The minimum Gasteiger partial charge on any atom is -0.458 e. The van der Waals surface area contributed by atoms with E-state index in [1.54, 1.807) is 12.1 Å². The summed E-state index contributed by atoms with van der Waals surface area (Å²) in [7, 11) is -10.8. The van der Waals surface area contributed by atoms with E-state index in [9.17, 15) is 52.8 Å². The third-order valence-electron chi connectivity index (χ3n) is 9.74. The van der Waals surface area contributed by atoms with Gasteiger partial charge in [-0.25, -0.2) is 13.1 Å². The molecule has 8 rings (SSSR count). The zero-order chi connectivity index (χ0) is 34.1. The zero-order valence-corrected chi connectivity index (χ0v) is 25.1. The first-order valence-corrected chi connectivity index (χ1v) is 17.3. The number of alkyl halides is 6. The number of hydrogen-bond donors (Lipinski definition) is 2. The summed E-state index contributed by atoms with van der Waals surface area (Å²) in [5.74, 6) is -10.4. The lowest BCUT2D eigenvalue weighted by Gasteiger charge is -2.44. The third kappa shape index (κ3) is 4.71. The van der Waals surface area contributed by atoms with Crippen LogP contribution in [0.2, 0.25) is 0 Å². The second-order valence-corrected chi connectivity index (χ2v) is 15.6. The normalized spacial score (nSPS) is 33.3. The van der Waals surface area contributed by atoms with Crippen molar-refractivity contribution < 1.29 is 71.5 Å². The van der Waals surface area contributed by atoms with Gasteiger partial charge in [0.2, 0.25) is 10.0 Å². The van der Waals surface area contributed by atoms with Gasteiger partial charge >= 0.3 is 29.9 Å². The number of carbonyl (C=O) groups excluding carboxylic acids is 2. The summed E-state index contributed by atoms with van der Waals surface area (Å²) in [5, 5.41) is -2.05. The Bertz CT molecular complexity index is 1840. The molecule has 0 spiro atoms. The van der Waals surface area contributed by atoms with Crippen molar-refractivity contribution >= 4 is 32.1 Å². The van der Waals surface area contributed by atoms with Gasteiger partial charge in [0.25, 0.3) is 10.1 Å². The molecule has 0 radical (unpaired) electrons. The maximum Gasteiger partial charge on any atom is 0.438 e. The molecule has 7 atom stereocenters. The zero-order valence-electron chi connectivity index (χ0n) is 23.4. The van der Waals surface area contributed by atoms with E-state index in [4.69, 9.17) is 14.0 Å². The molecule has 7 unspecified atom stereocenters. The molecule has 4 bridgehead atoms. The molecule has 3 saturated heterocycles. The van der Waals surface area contributed by atoms with Gasteiger partial charge < -0.3 is 14.2 Å². The van der Waals surface area contributed by atoms with Crippen molar-refractivity contribution in [2.75, 3.05) is 5.75 Å². The van der Waals surface area contributed by atoms with Crippen LogP contribution in [0.3, 0.4) is 0 Å². The summed E-state index contributed by atoms with van der Waals surface area (Å²) >= 11 is 0. The molecule has 19 heteroatoms. The van der Waals surface area contributed by atoms with E-state index in [1.807, 2.05) is 36.4 Å². The molecule has 3 aliphatic carbocycles. The van der Waals surface area contributed by atoms with Crippen molar-refractivity contribution in [3.63, 3.8) is 0 Å². The summed E-state index contributed by atoms with van der Waals surface area (Å²) in [6.45, 7) is 0. The van der Waals surface area contributed by atoms with Crippen LogP contribution in [0.25, 0.3) is 0 Å². The standard InChI is InChI=1S/C28H23F6NO10S2/c29-27(30,31)26(28(32,33)34,10-46(38,39)40)45-25(37)18-20-21(19-22(43-20)23(18)47(41,42)35-19)44-24(36)16-9-15-11-5-1-3-7-13(11)17(16)14-8-4-2-6-12(14)15/h1-8,15-23,35H,9-10H2,(H,38,39,40). The third-order valence-corrected chi connectivity index (χ3v) is 12.4. The Kier molecular flexibility index (Phi) is 6.96. The minimum absolute atomic E-state index is 0.209. The number of carbonyl (C=O) groups is 2. The molecule has 6 aliphatic rings. The molecule has 3 heterocycles. The lowest BCUT2D eigenvalue weighted by Crippen LogP contribution is -2.64. The van der Waals surface area contributed by atoms with Crippen molar-refractivity contribution in [2.24, 2.45) is 11.8 Å². The second-order valence-electron chi connectivity index (χ2n) is 12.2. The number of esters is 2. The predicted molar refractivity (Wildman–Crippen MR) is 144 cm³/mol. The number of halogens is 6. The van der Waals surface area contributed by atoms with E-state index < -0.39 is 103 Å². The largest absolute Gasteiger partial charge is 0.458 e. The van der Waals surface area contributed by atoms with Crippen LogP contribution in [-0.4, -0.2) is 86.6 Å². The second kappa shape index (κ2) is 10.1. The van der Waals surface area contributed by atoms with Crippen LogP contribution in [0.5, 0.6) is 0 Å². The van der Waals surface area contributed by atoms with Crippen LogP contribution in [0, 0.1) is 11.8 Å². The molecular weight excluding hydrogens is 688 g/mol. The van der Waals surface area contributed by atoms with Gasteiger partial charge in [0.1, 0.15) is 29.1 Å². The average Bonchev–Trinajstić information content (AvgIpc) is 3.58. The van der Waals surface area contributed by atoms with Crippen molar-refractivity contribution in [1.29, 1.82) is 0 Å². The van der Waals surface area contributed by atoms with Crippen LogP contribution in [-0.2, 0) is 43.9 Å². The number of benzene rings is 2. The topological polar surface area (TPSA) is 162 Å². The molecule has 3 fully saturated rings. The smallest absolute Gasteiger partial charge is 0.438 e. The van der Waals surface area contributed by atoms with E-state index in [-0.39, 0.29) is 12.3 Å². The Morgan fingerprint density at radius 2 is 1.43 bits per heavy atom. The summed E-state index contributed by atoms with van der Waals surface area (Å²) < 4.78 is 158. The highest BCUT2D eigenvalue weighted by Crippen LogP contribution is 2.57. The van der Waals surface area contributed by atoms with Gasteiger partial charge in [-0.1, -0.05) is 48.5 Å². The van der Waals surface area contributed by atoms with Crippen LogP contribution in [0.15, 0.2) is 48.5 Å². The van der Waals surface area contributed by atoms with E-state index in [0.29, 0.717) is 0 Å². The van der Waals surface area contributed by atoms with Gasteiger partial charge in [0.05, 0.1) is 18.1 Å². The highest BCUT2D eigenvalue weighted by atomic mass is 32.2. The predicted octanol–water partition coefficient (Wildman–Crippen LogP) is 2.56. The quantitative estimate of drug-likeness (QED) is 0.259. The maximum absolute atomic E-state index is 13.9. The van der Waals surface area contributed by atoms with Crippen molar-refractivity contribution in [2.45, 2.75) is 65.8 Å². The van der Waals surface area contributed by atoms with Gasteiger partial charge in [-0.05, 0) is 28.7 Å². The van der Waals surface area contributed by atoms with Crippen LogP contribution < -0.4 is 4.72 Å². The molecule has 2 N–H and O–H groups in total.